The molecule has 3 N–H and O–H groups in total. The van der Waals surface area contributed by atoms with Gasteiger partial charge in [-0.1, -0.05) is 0 Å². The van der Waals surface area contributed by atoms with Crippen molar-refractivity contribution in [1.82, 2.24) is 34.8 Å². The van der Waals surface area contributed by atoms with E-state index in [1.165, 1.54) is 6.20 Å². The number of aliphatic hydroxyl groups excluding tert-OH is 1. The van der Waals surface area contributed by atoms with Crippen molar-refractivity contribution in [2.75, 3.05) is 13.1 Å². The molecule has 5 rings (SSSR count). The van der Waals surface area contributed by atoms with Crippen molar-refractivity contribution in [3.63, 3.8) is 0 Å². The van der Waals surface area contributed by atoms with Crippen molar-refractivity contribution >= 4 is 21.9 Å². The summed E-state index contributed by atoms with van der Waals surface area (Å²) in [6.07, 6.45) is 6.21. The molecule has 1 fully saturated rings. The maximum Gasteiger partial charge on any atom is 0.329 e. The normalized spacial score (nSPS) is 15.1. The molecule has 152 valence electrons. The van der Waals surface area contributed by atoms with E-state index >= 15 is 0 Å². The van der Waals surface area contributed by atoms with E-state index in [0.29, 0.717) is 39.0 Å². The van der Waals surface area contributed by atoms with Crippen molar-refractivity contribution in [1.29, 1.82) is 0 Å². The summed E-state index contributed by atoms with van der Waals surface area (Å²) in [5.74, 6) is 0.318. The molecule has 0 radical (unpaired) electrons. The number of nitrogens with zero attached hydrogens (tertiary/aromatic N) is 5. The van der Waals surface area contributed by atoms with Crippen molar-refractivity contribution in [2.45, 2.75) is 25.5 Å². The predicted octanol–water partition coefficient (Wildman–Crippen LogP) is 0.507. The van der Waals surface area contributed by atoms with Gasteiger partial charge in [0.2, 0.25) is 0 Å². The van der Waals surface area contributed by atoms with Gasteiger partial charge in [-0.2, -0.15) is 0 Å². The highest BCUT2D eigenvalue weighted by atomic mass is 16.3. The van der Waals surface area contributed by atoms with Crippen LogP contribution < -0.4 is 16.6 Å². The quantitative estimate of drug-likeness (QED) is 0.419. The van der Waals surface area contributed by atoms with Crippen LogP contribution in [-0.2, 0) is 6.61 Å². The smallest absolute Gasteiger partial charge is 0.329 e. The van der Waals surface area contributed by atoms with Gasteiger partial charge >= 0.3 is 5.69 Å². The van der Waals surface area contributed by atoms with Gasteiger partial charge in [0.25, 0.3) is 5.56 Å². The summed E-state index contributed by atoms with van der Waals surface area (Å²) >= 11 is 0. The summed E-state index contributed by atoms with van der Waals surface area (Å²) in [6.45, 7) is 1.35. The number of hydrogen-bond donors (Lipinski definition) is 3. The summed E-state index contributed by atoms with van der Waals surface area (Å²) < 4.78 is 1.66. The molecular weight excluding hydrogens is 386 g/mol. The maximum absolute atomic E-state index is 12.8. The van der Waals surface area contributed by atoms with Gasteiger partial charge in [0.15, 0.2) is 5.82 Å². The second kappa shape index (κ2) is 7.39. The number of fused-ring (bicyclic) bond motifs is 3. The molecule has 0 amide bonds. The first kappa shape index (κ1) is 18.5. The van der Waals surface area contributed by atoms with E-state index in [4.69, 9.17) is 10.1 Å². The lowest BCUT2D eigenvalue weighted by Gasteiger charge is -2.26. The predicted molar refractivity (Wildman–Crippen MR) is 110 cm³/mol. The molecular formula is C20H19N7O3. The van der Waals surface area contributed by atoms with Gasteiger partial charge in [0.05, 0.1) is 22.1 Å². The first-order valence-electron chi connectivity index (χ1n) is 9.73. The van der Waals surface area contributed by atoms with E-state index in [9.17, 15) is 9.59 Å². The Morgan fingerprint density at radius 1 is 1.07 bits per heavy atom. The highest BCUT2D eigenvalue weighted by molar-refractivity contribution is 6.01. The largest absolute Gasteiger partial charge is 0.388 e. The standard InChI is InChI=1S/C20H19N7O3/c28-10-16-23-7-11(8-24-16)14-1-2-15-17(25-14)18-13(9-22-15)19(29)26-20(30)27(18)12-3-5-21-6-4-12/h1-2,7-9,12,21,28H,3-6,10H2,(H,26,29,30). The second-order valence-corrected chi connectivity index (χ2v) is 7.24. The molecule has 1 saturated heterocycles. The Kier molecular flexibility index (Phi) is 4.57. The molecule has 0 spiro atoms. The van der Waals surface area contributed by atoms with Gasteiger partial charge in [-0.3, -0.25) is 19.3 Å². The van der Waals surface area contributed by atoms with Gasteiger partial charge in [-0.15, -0.1) is 0 Å². The molecule has 0 aliphatic carbocycles. The van der Waals surface area contributed by atoms with Crippen LogP contribution in [0, 0.1) is 0 Å². The third kappa shape index (κ3) is 3.06. The monoisotopic (exact) mass is 405 g/mol. The number of H-pyrrole nitrogens is 1. The van der Waals surface area contributed by atoms with Crippen molar-refractivity contribution < 1.29 is 5.11 Å². The summed E-state index contributed by atoms with van der Waals surface area (Å²) in [4.78, 5) is 45.1. The Hall–Kier alpha value is -3.50. The molecule has 0 bridgehead atoms. The minimum atomic E-state index is -0.475. The lowest BCUT2D eigenvalue weighted by molar-refractivity contribution is 0.271. The average Bonchev–Trinajstić information content (AvgIpc) is 2.79. The van der Waals surface area contributed by atoms with Crippen LogP contribution in [0.15, 0.2) is 40.3 Å². The first-order valence-corrected chi connectivity index (χ1v) is 9.73. The molecule has 10 heteroatoms. The average molecular weight is 405 g/mol. The number of pyridine rings is 2. The highest BCUT2D eigenvalue weighted by Gasteiger charge is 2.22. The zero-order valence-corrected chi connectivity index (χ0v) is 16.0. The Balaban J connectivity index is 1.80. The topological polar surface area (TPSA) is 139 Å². The molecule has 5 heterocycles. The fraction of sp³-hybridized carbons (Fsp3) is 0.300. The van der Waals surface area contributed by atoms with Gasteiger partial charge in [-0.25, -0.2) is 19.7 Å². The fourth-order valence-corrected chi connectivity index (χ4v) is 3.93. The van der Waals surface area contributed by atoms with E-state index in [2.05, 4.69) is 25.3 Å². The Bertz CT molecular complexity index is 1360. The van der Waals surface area contributed by atoms with Crippen molar-refractivity contribution in [2.24, 2.45) is 0 Å². The summed E-state index contributed by atoms with van der Waals surface area (Å²) in [7, 11) is 0. The Morgan fingerprint density at radius 2 is 1.83 bits per heavy atom. The summed E-state index contributed by atoms with van der Waals surface area (Å²) in [6, 6.07) is 3.55. The lowest BCUT2D eigenvalue weighted by Crippen LogP contribution is -2.38. The molecule has 0 aromatic carbocycles. The molecule has 0 unspecified atom stereocenters. The van der Waals surface area contributed by atoms with Crippen LogP contribution in [0.1, 0.15) is 24.7 Å². The molecule has 1 aliphatic rings. The van der Waals surface area contributed by atoms with Crippen LogP contribution in [0.3, 0.4) is 0 Å². The maximum atomic E-state index is 12.8. The minimum Gasteiger partial charge on any atom is -0.388 e. The molecule has 0 saturated carbocycles. The Morgan fingerprint density at radius 3 is 2.57 bits per heavy atom. The fourth-order valence-electron chi connectivity index (χ4n) is 3.93. The molecule has 30 heavy (non-hydrogen) atoms. The van der Waals surface area contributed by atoms with Crippen LogP contribution in [0.4, 0.5) is 0 Å². The van der Waals surface area contributed by atoms with E-state index in [1.54, 1.807) is 29.1 Å². The molecule has 1 aliphatic heterocycles. The Labute approximate surface area is 169 Å². The van der Waals surface area contributed by atoms with Crippen LogP contribution in [0.5, 0.6) is 0 Å². The van der Waals surface area contributed by atoms with E-state index in [0.717, 1.165) is 25.9 Å². The third-order valence-electron chi connectivity index (χ3n) is 5.43. The van der Waals surface area contributed by atoms with E-state index in [1.807, 2.05) is 0 Å². The van der Waals surface area contributed by atoms with Crippen LogP contribution in [0.2, 0.25) is 0 Å². The summed E-state index contributed by atoms with van der Waals surface area (Å²) in [5, 5.41) is 12.8. The number of piperidine rings is 1. The third-order valence-corrected chi connectivity index (χ3v) is 5.43. The number of aromatic amines is 1. The van der Waals surface area contributed by atoms with Gasteiger partial charge in [0, 0.05) is 30.2 Å². The molecule has 4 aromatic heterocycles. The molecule has 10 nitrogen and oxygen atoms in total. The van der Waals surface area contributed by atoms with Crippen molar-refractivity contribution in [3.05, 3.63) is 57.4 Å². The van der Waals surface area contributed by atoms with Crippen LogP contribution >= 0.6 is 0 Å². The van der Waals surface area contributed by atoms with Gasteiger partial charge in [-0.05, 0) is 38.1 Å². The second-order valence-electron chi connectivity index (χ2n) is 7.24. The number of aliphatic hydroxyl groups is 1. The van der Waals surface area contributed by atoms with Gasteiger partial charge < -0.3 is 10.4 Å². The van der Waals surface area contributed by atoms with Crippen molar-refractivity contribution in [3.8, 4) is 11.3 Å². The van der Waals surface area contributed by atoms with E-state index in [-0.39, 0.29) is 12.6 Å². The summed E-state index contributed by atoms with van der Waals surface area (Å²) in [5.41, 5.74) is 1.91. The number of aromatic nitrogens is 6. The molecule has 0 atom stereocenters. The van der Waals surface area contributed by atoms with Gasteiger partial charge in [0.1, 0.15) is 12.1 Å². The lowest BCUT2D eigenvalue weighted by atomic mass is 10.1. The van der Waals surface area contributed by atoms with Crippen LogP contribution in [0.25, 0.3) is 33.2 Å². The molecule has 4 aromatic rings. The SMILES string of the molecule is O=c1[nH]c(=O)n(C2CCNCC2)c2c1cnc1ccc(-c3cnc(CO)nc3)nc12. The number of rotatable bonds is 3. The number of hydrogen-bond acceptors (Lipinski definition) is 8. The highest BCUT2D eigenvalue weighted by Crippen LogP contribution is 2.27. The zero-order chi connectivity index (χ0) is 20.7. The van der Waals surface area contributed by atoms with E-state index < -0.39 is 11.2 Å². The number of nitrogens with one attached hydrogen (secondary N) is 2. The first-order chi connectivity index (χ1) is 14.7. The zero-order valence-electron chi connectivity index (χ0n) is 16.0. The minimum absolute atomic E-state index is 0.0404. The van der Waals surface area contributed by atoms with Crippen LogP contribution in [-0.4, -0.2) is 47.7 Å².